The number of hydrogen-bond donors (Lipinski definition) is 1. The van der Waals surface area contributed by atoms with Crippen LogP contribution in [0.2, 0.25) is 0 Å². The van der Waals surface area contributed by atoms with Crippen molar-refractivity contribution in [1.82, 2.24) is 4.72 Å². The second kappa shape index (κ2) is 6.41. The minimum absolute atomic E-state index is 0.0742. The van der Waals surface area contributed by atoms with E-state index in [0.717, 1.165) is 17.9 Å². The lowest BCUT2D eigenvalue weighted by molar-refractivity contribution is 0.299. The van der Waals surface area contributed by atoms with Crippen molar-refractivity contribution in [2.75, 3.05) is 12.4 Å². The van der Waals surface area contributed by atoms with E-state index in [0.29, 0.717) is 5.92 Å². The van der Waals surface area contributed by atoms with E-state index in [4.69, 9.17) is 4.74 Å². The summed E-state index contributed by atoms with van der Waals surface area (Å²) >= 11 is 0. The zero-order valence-electron chi connectivity index (χ0n) is 11.7. The Bertz CT molecular complexity index is 564. The van der Waals surface area contributed by atoms with Crippen LogP contribution in [0.4, 0.5) is 0 Å². The fourth-order valence-electron chi connectivity index (χ4n) is 1.91. The van der Waals surface area contributed by atoms with Crippen molar-refractivity contribution in [3.05, 3.63) is 42.5 Å². The van der Waals surface area contributed by atoms with E-state index < -0.39 is 10.0 Å². The fraction of sp³-hybridized carbons (Fsp3) is 0.467. The topological polar surface area (TPSA) is 55.4 Å². The Morgan fingerprint density at radius 2 is 2.25 bits per heavy atom. The summed E-state index contributed by atoms with van der Waals surface area (Å²) in [5.74, 6) is 1.42. The molecule has 0 saturated heterocycles. The van der Waals surface area contributed by atoms with Crippen LogP contribution < -0.4 is 9.46 Å². The predicted molar refractivity (Wildman–Crippen MR) is 80.2 cm³/mol. The van der Waals surface area contributed by atoms with E-state index in [2.05, 4.69) is 11.3 Å². The van der Waals surface area contributed by atoms with Crippen LogP contribution in [-0.4, -0.2) is 20.8 Å². The third kappa shape index (κ3) is 4.65. The highest BCUT2D eigenvalue weighted by Gasteiger charge is 2.22. The fourth-order valence-corrected chi connectivity index (χ4v) is 2.99. The molecule has 0 heterocycles. The third-order valence-corrected chi connectivity index (χ3v) is 4.62. The van der Waals surface area contributed by atoms with Gasteiger partial charge in [0.2, 0.25) is 10.0 Å². The molecule has 20 heavy (non-hydrogen) atoms. The molecule has 1 aliphatic rings. The van der Waals surface area contributed by atoms with Crippen molar-refractivity contribution >= 4 is 10.0 Å². The molecule has 4 nitrogen and oxygen atoms in total. The van der Waals surface area contributed by atoms with Crippen molar-refractivity contribution in [1.29, 1.82) is 0 Å². The second-order valence-electron chi connectivity index (χ2n) is 5.24. The number of hydrogen-bond acceptors (Lipinski definition) is 3. The molecule has 5 heteroatoms. The monoisotopic (exact) mass is 295 g/mol. The summed E-state index contributed by atoms with van der Waals surface area (Å²) in [4.78, 5) is 0. The van der Waals surface area contributed by atoms with Crippen LogP contribution in [0.3, 0.4) is 0 Å². The van der Waals surface area contributed by atoms with Crippen LogP contribution in [0.25, 0.3) is 0 Å². The summed E-state index contributed by atoms with van der Waals surface area (Å²) in [6.45, 7) is 6.02. The lowest BCUT2D eigenvalue weighted by Crippen LogP contribution is -2.28. The number of rotatable bonds is 8. The Morgan fingerprint density at radius 3 is 2.90 bits per heavy atom. The van der Waals surface area contributed by atoms with Crippen LogP contribution >= 0.6 is 0 Å². The van der Waals surface area contributed by atoms with Gasteiger partial charge in [-0.25, -0.2) is 13.1 Å². The van der Waals surface area contributed by atoms with E-state index in [1.807, 2.05) is 31.2 Å². The second-order valence-corrected chi connectivity index (χ2v) is 7.04. The molecule has 1 atom stereocenters. The van der Waals surface area contributed by atoms with Gasteiger partial charge >= 0.3 is 0 Å². The average molecular weight is 295 g/mol. The molecule has 1 aromatic rings. The lowest BCUT2D eigenvalue weighted by atomic mass is 10.1. The Balaban J connectivity index is 1.99. The first-order valence-corrected chi connectivity index (χ1v) is 8.49. The smallest absolute Gasteiger partial charge is 0.215 e. The van der Waals surface area contributed by atoms with Crippen molar-refractivity contribution < 1.29 is 13.2 Å². The zero-order chi connectivity index (χ0) is 14.6. The Morgan fingerprint density at radius 1 is 1.50 bits per heavy atom. The quantitative estimate of drug-likeness (QED) is 0.750. The molecule has 1 aromatic carbocycles. The van der Waals surface area contributed by atoms with Gasteiger partial charge in [0.15, 0.2) is 0 Å². The molecular formula is C15H21NO3S. The standard InChI is InChI=1S/C15H21NO3S/c1-3-9-20(17,18)16-12(2)14-5-4-6-15(10-14)19-11-13-7-8-13/h3-6,10,12-13,16H,1,7-9,11H2,2H3/t12-/m1/s1. The van der Waals surface area contributed by atoms with E-state index >= 15 is 0 Å². The van der Waals surface area contributed by atoms with E-state index in [1.165, 1.54) is 18.9 Å². The van der Waals surface area contributed by atoms with Crippen molar-refractivity contribution in [2.24, 2.45) is 5.92 Å². The average Bonchev–Trinajstić information content (AvgIpc) is 3.20. The Kier molecular flexibility index (Phi) is 4.83. The van der Waals surface area contributed by atoms with Gasteiger partial charge in [0.05, 0.1) is 12.4 Å². The van der Waals surface area contributed by atoms with Gasteiger partial charge in [0, 0.05) is 6.04 Å². The van der Waals surface area contributed by atoms with Crippen molar-refractivity contribution in [3.8, 4) is 5.75 Å². The summed E-state index contributed by atoms with van der Waals surface area (Å²) in [6.07, 6.45) is 3.87. The molecule has 1 saturated carbocycles. The SMILES string of the molecule is C=CCS(=O)(=O)N[C@H](C)c1cccc(OCC2CC2)c1. The third-order valence-electron chi connectivity index (χ3n) is 3.23. The highest BCUT2D eigenvalue weighted by molar-refractivity contribution is 7.89. The van der Waals surface area contributed by atoms with Gasteiger partial charge in [-0.05, 0) is 43.4 Å². The largest absolute Gasteiger partial charge is 0.493 e. The van der Waals surface area contributed by atoms with Gasteiger partial charge in [-0.15, -0.1) is 6.58 Å². The first kappa shape index (κ1) is 15.1. The summed E-state index contributed by atoms with van der Waals surface area (Å²) in [7, 11) is -3.32. The van der Waals surface area contributed by atoms with Gasteiger partial charge in [-0.1, -0.05) is 18.2 Å². The van der Waals surface area contributed by atoms with Crippen LogP contribution in [0.5, 0.6) is 5.75 Å². The van der Waals surface area contributed by atoms with Gasteiger partial charge in [0.1, 0.15) is 5.75 Å². The van der Waals surface area contributed by atoms with E-state index in [9.17, 15) is 8.42 Å². The van der Waals surface area contributed by atoms with Gasteiger partial charge in [-0.2, -0.15) is 0 Å². The maximum Gasteiger partial charge on any atom is 0.215 e. The van der Waals surface area contributed by atoms with Gasteiger partial charge in [-0.3, -0.25) is 0 Å². The van der Waals surface area contributed by atoms with Crippen LogP contribution in [-0.2, 0) is 10.0 Å². The minimum atomic E-state index is -3.32. The molecule has 1 aliphatic carbocycles. The molecule has 0 aromatic heterocycles. The normalized spacial score (nSPS) is 16.6. The molecule has 1 fully saturated rings. The molecule has 0 aliphatic heterocycles. The maximum absolute atomic E-state index is 11.7. The molecule has 110 valence electrons. The molecule has 0 radical (unpaired) electrons. The highest BCUT2D eigenvalue weighted by atomic mass is 32.2. The summed E-state index contributed by atoms with van der Waals surface area (Å²) in [5.41, 5.74) is 0.894. The van der Waals surface area contributed by atoms with Crippen LogP contribution in [0, 0.1) is 5.92 Å². The van der Waals surface area contributed by atoms with E-state index in [1.54, 1.807) is 0 Å². The first-order valence-electron chi connectivity index (χ1n) is 6.84. The summed E-state index contributed by atoms with van der Waals surface area (Å²) < 4.78 is 31.7. The number of sulfonamides is 1. The summed E-state index contributed by atoms with van der Waals surface area (Å²) in [6, 6.07) is 7.28. The van der Waals surface area contributed by atoms with Gasteiger partial charge in [0.25, 0.3) is 0 Å². The van der Waals surface area contributed by atoms with E-state index in [-0.39, 0.29) is 11.8 Å². The molecule has 1 N–H and O–H groups in total. The molecule has 0 unspecified atom stereocenters. The number of ether oxygens (including phenoxy) is 1. The Labute approximate surface area is 120 Å². The molecule has 0 bridgehead atoms. The van der Waals surface area contributed by atoms with Crippen molar-refractivity contribution in [2.45, 2.75) is 25.8 Å². The number of nitrogens with one attached hydrogen (secondary N) is 1. The zero-order valence-corrected chi connectivity index (χ0v) is 12.5. The summed E-state index contributed by atoms with van der Waals surface area (Å²) in [5, 5.41) is 0. The number of benzene rings is 1. The predicted octanol–water partition coefficient (Wildman–Crippen LogP) is 2.64. The van der Waals surface area contributed by atoms with Crippen LogP contribution in [0.1, 0.15) is 31.4 Å². The molecular weight excluding hydrogens is 274 g/mol. The lowest BCUT2D eigenvalue weighted by Gasteiger charge is -2.15. The van der Waals surface area contributed by atoms with Gasteiger partial charge < -0.3 is 4.74 Å². The minimum Gasteiger partial charge on any atom is -0.493 e. The molecule has 0 spiro atoms. The highest BCUT2D eigenvalue weighted by Crippen LogP contribution is 2.30. The molecule has 0 amide bonds. The molecule has 2 rings (SSSR count). The first-order chi connectivity index (χ1) is 9.50. The Hall–Kier alpha value is -1.33. The maximum atomic E-state index is 11.7. The van der Waals surface area contributed by atoms with Crippen molar-refractivity contribution in [3.63, 3.8) is 0 Å². The van der Waals surface area contributed by atoms with Crippen LogP contribution in [0.15, 0.2) is 36.9 Å².